The minimum absolute atomic E-state index is 0.587. The summed E-state index contributed by atoms with van der Waals surface area (Å²) >= 11 is 12.1. The quantitative estimate of drug-likeness (QED) is 0.597. The zero-order chi connectivity index (χ0) is 13.2. The molecule has 0 radical (unpaired) electrons. The van der Waals surface area contributed by atoms with E-state index in [1.54, 1.807) is 41.5 Å². The van der Waals surface area contributed by atoms with Gasteiger partial charge in [-0.2, -0.15) is 0 Å². The molecular formula is C8H18Cl2N2O2P2. The highest BCUT2D eigenvalue weighted by molar-refractivity contribution is 8.10. The number of halogens is 2. The normalized spacial score (nSPS) is 38.5. The monoisotopic (exact) mass is 306 g/mol. The molecule has 4 nitrogen and oxygen atoms in total. The summed E-state index contributed by atoms with van der Waals surface area (Å²) in [6.45, 7) is 4.12. The molecule has 1 fully saturated rings. The zero-order valence-corrected chi connectivity index (χ0v) is 13.7. The van der Waals surface area contributed by atoms with Crippen molar-refractivity contribution in [2.24, 2.45) is 0 Å². The second-order valence-corrected chi connectivity index (χ2v) is 12.6. The molecule has 0 amide bonds. The van der Waals surface area contributed by atoms with Crippen LogP contribution in [0, 0.1) is 0 Å². The van der Waals surface area contributed by atoms with Crippen LogP contribution in [0.2, 0.25) is 0 Å². The molecule has 0 aliphatic carbocycles. The Morgan fingerprint density at radius 1 is 0.750 bits per heavy atom. The topological polar surface area (TPSA) is 40.6 Å². The van der Waals surface area contributed by atoms with Gasteiger partial charge in [-0.1, -0.05) is 0 Å². The fourth-order valence-corrected chi connectivity index (χ4v) is 14.4. The van der Waals surface area contributed by atoms with Gasteiger partial charge in [-0.25, -0.2) is 0 Å². The highest BCUT2D eigenvalue weighted by Crippen LogP contribution is 2.93. The maximum atomic E-state index is 12.4. The van der Waals surface area contributed by atoms with Crippen LogP contribution < -0.4 is 0 Å². The predicted molar refractivity (Wildman–Crippen MR) is 70.1 cm³/mol. The second kappa shape index (κ2) is 3.73. The highest BCUT2D eigenvalue weighted by Gasteiger charge is 2.69. The molecule has 1 rings (SSSR count). The SMILES string of the molecule is CC(C)(C)N1P(=O)(Cl)N(C(C)(C)C)P1(=O)Cl. The van der Waals surface area contributed by atoms with Crippen LogP contribution >= 0.6 is 36.1 Å². The van der Waals surface area contributed by atoms with Crippen molar-refractivity contribution in [3.8, 4) is 0 Å². The summed E-state index contributed by atoms with van der Waals surface area (Å²) in [5.74, 6) is 0. The van der Waals surface area contributed by atoms with Crippen LogP contribution in [-0.4, -0.2) is 20.0 Å². The molecule has 0 aromatic rings. The van der Waals surface area contributed by atoms with Crippen molar-refractivity contribution < 1.29 is 9.13 Å². The summed E-state index contributed by atoms with van der Waals surface area (Å²) in [6, 6.07) is 0. The third kappa shape index (κ3) is 2.13. The van der Waals surface area contributed by atoms with Gasteiger partial charge in [0.2, 0.25) is 0 Å². The van der Waals surface area contributed by atoms with E-state index in [2.05, 4.69) is 0 Å². The molecule has 0 aromatic carbocycles. The van der Waals surface area contributed by atoms with Gasteiger partial charge in [0.15, 0.2) is 0 Å². The molecule has 0 spiro atoms. The van der Waals surface area contributed by atoms with Crippen LogP contribution in [0.3, 0.4) is 0 Å². The second-order valence-electron chi connectivity index (χ2n) is 5.87. The minimum atomic E-state index is -3.31. The molecule has 16 heavy (non-hydrogen) atoms. The van der Waals surface area contributed by atoms with E-state index < -0.39 is 24.7 Å². The molecular weight excluding hydrogens is 289 g/mol. The lowest BCUT2D eigenvalue weighted by molar-refractivity contribution is 0.242. The Bertz CT molecular complexity index is 346. The van der Waals surface area contributed by atoms with E-state index in [9.17, 15) is 9.13 Å². The lowest BCUT2D eigenvalue weighted by Gasteiger charge is -2.58. The van der Waals surface area contributed by atoms with Crippen LogP contribution in [0.15, 0.2) is 0 Å². The first-order valence-corrected chi connectivity index (χ1v) is 9.99. The van der Waals surface area contributed by atoms with Gasteiger partial charge in [-0.3, -0.25) is 9.13 Å². The molecule has 1 saturated heterocycles. The van der Waals surface area contributed by atoms with E-state index in [-0.39, 0.29) is 0 Å². The first kappa shape index (κ1) is 15.0. The van der Waals surface area contributed by atoms with Crippen molar-refractivity contribution in [3.05, 3.63) is 0 Å². The fourth-order valence-electron chi connectivity index (χ4n) is 1.88. The Balaban J connectivity index is 3.26. The largest absolute Gasteiger partial charge is 0.320 e. The molecule has 96 valence electrons. The minimum Gasteiger partial charge on any atom is -0.270 e. The van der Waals surface area contributed by atoms with E-state index in [4.69, 9.17) is 22.5 Å². The van der Waals surface area contributed by atoms with Crippen molar-refractivity contribution in [3.63, 3.8) is 0 Å². The summed E-state index contributed by atoms with van der Waals surface area (Å²) in [4.78, 5) is 0. The molecule has 1 heterocycles. The van der Waals surface area contributed by atoms with Crippen molar-refractivity contribution in [1.82, 2.24) is 8.88 Å². The molecule has 0 bridgehead atoms. The lowest BCUT2D eigenvalue weighted by Crippen LogP contribution is -2.53. The van der Waals surface area contributed by atoms with Gasteiger partial charge in [-0.15, -0.1) is 8.88 Å². The van der Waals surface area contributed by atoms with Crippen molar-refractivity contribution in [1.29, 1.82) is 0 Å². The molecule has 8 heteroatoms. The maximum Gasteiger partial charge on any atom is 0.320 e. The van der Waals surface area contributed by atoms with Gasteiger partial charge < -0.3 is 0 Å². The first-order chi connectivity index (χ1) is 6.73. The fraction of sp³-hybridized carbons (Fsp3) is 1.00. The molecule has 0 N–H and O–H groups in total. The number of hydrogen-bond donors (Lipinski definition) is 0. The van der Waals surface area contributed by atoms with Gasteiger partial charge >= 0.3 is 13.6 Å². The number of nitrogens with zero attached hydrogens (tertiary/aromatic N) is 2. The van der Waals surface area contributed by atoms with Gasteiger partial charge in [0.25, 0.3) is 0 Å². The summed E-state index contributed by atoms with van der Waals surface area (Å²) in [6.07, 6.45) is 0. The van der Waals surface area contributed by atoms with Crippen LogP contribution in [0.1, 0.15) is 41.5 Å². The van der Waals surface area contributed by atoms with E-state index in [0.717, 1.165) is 0 Å². The van der Waals surface area contributed by atoms with E-state index in [1.807, 2.05) is 0 Å². The van der Waals surface area contributed by atoms with Crippen LogP contribution in [0.4, 0.5) is 0 Å². The average molecular weight is 307 g/mol. The van der Waals surface area contributed by atoms with Gasteiger partial charge in [0.1, 0.15) is 0 Å². The van der Waals surface area contributed by atoms with Crippen LogP contribution in [0.25, 0.3) is 0 Å². The van der Waals surface area contributed by atoms with E-state index in [0.29, 0.717) is 0 Å². The number of hydrogen-bond acceptors (Lipinski definition) is 2. The van der Waals surface area contributed by atoms with Crippen molar-refractivity contribution >= 4 is 36.1 Å². The summed E-state index contributed by atoms with van der Waals surface area (Å²) < 4.78 is 27.3. The Morgan fingerprint density at radius 3 is 1.06 bits per heavy atom. The van der Waals surface area contributed by atoms with Gasteiger partial charge in [0, 0.05) is 11.1 Å². The molecule has 1 aliphatic rings. The smallest absolute Gasteiger partial charge is 0.270 e. The van der Waals surface area contributed by atoms with Gasteiger partial charge in [-0.05, 0) is 64.0 Å². The van der Waals surface area contributed by atoms with Crippen LogP contribution in [-0.2, 0) is 9.13 Å². The van der Waals surface area contributed by atoms with E-state index in [1.165, 1.54) is 8.88 Å². The maximum absolute atomic E-state index is 12.4. The standard InChI is InChI=1S/C8H18Cl2N2O2P2/c1-7(2,3)11-15(9,13)12(8(4,5)6)16(11,10)14/h1-6H3. The Kier molecular flexibility index (Phi) is 3.50. The Hall–Kier alpha value is 0.960. The van der Waals surface area contributed by atoms with Crippen molar-refractivity contribution in [2.45, 2.75) is 52.6 Å². The molecule has 0 aromatic heterocycles. The van der Waals surface area contributed by atoms with E-state index >= 15 is 0 Å². The molecule has 1 aliphatic heterocycles. The zero-order valence-electron chi connectivity index (χ0n) is 10.4. The molecule has 0 saturated carbocycles. The van der Waals surface area contributed by atoms with Crippen LogP contribution in [0.5, 0.6) is 0 Å². The van der Waals surface area contributed by atoms with Crippen molar-refractivity contribution in [2.75, 3.05) is 0 Å². The summed E-state index contributed by atoms with van der Waals surface area (Å²) in [5.41, 5.74) is -1.17. The molecule has 0 unspecified atom stereocenters. The van der Waals surface area contributed by atoms with Gasteiger partial charge in [0.05, 0.1) is 0 Å². The number of rotatable bonds is 0. The third-order valence-corrected chi connectivity index (χ3v) is 12.4. The summed E-state index contributed by atoms with van der Waals surface area (Å²) in [7, 11) is 0. The predicted octanol–water partition coefficient (Wildman–Crippen LogP) is 4.89. The Labute approximate surface area is 107 Å². The average Bonchev–Trinajstić information content (AvgIpc) is 1.69. The highest BCUT2D eigenvalue weighted by atomic mass is 35.7. The third-order valence-electron chi connectivity index (χ3n) is 2.13. The first-order valence-electron chi connectivity index (χ1n) is 4.95. The molecule has 0 atom stereocenters. The summed E-state index contributed by atoms with van der Waals surface area (Å²) in [5, 5.41) is 0. The Morgan fingerprint density at radius 2 is 0.938 bits per heavy atom. The lowest BCUT2D eigenvalue weighted by atomic mass is 10.1.